The lowest BCUT2D eigenvalue weighted by atomic mass is 10.1. The number of quaternary nitrogens is 1. The molecule has 0 radical (unpaired) electrons. The molecule has 0 saturated carbocycles. The number of hydrogen-bond donors (Lipinski definition) is 1. The molecular formula is C16H37N2+. The number of nitrogens with zero attached hydrogens (tertiary/aromatic N) is 1. The molecular weight excluding hydrogens is 220 g/mol. The predicted molar refractivity (Wildman–Crippen MR) is 82.2 cm³/mol. The fourth-order valence-corrected chi connectivity index (χ4v) is 2.36. The van der Waals surface area contributed by atoms with E-state index >= 15 is 0 Å². The van der Waals surface area contributed by atoms with Gasteiger partial charge in [0.1, 0.15) is 0 Å². The van der Waals surface area contributed by atoms with Crippen molar-refractivity contribution in [3.05, 3.63) is 0 Å². The standard InChI is InChI=1S/C16H37N2/c1-4-5-6-7-8-9-10-11-12-13-14-15-16-18(2,3)17/h4-17H2,1-3H3/q+1. The third kappa shape index (κ3) is 15.9. The molecule has 0 aromatic heterocycles. The average Bonchev–Trinajstić information content (AvgIpc) is 2.29. The van der Waals surface area contributed by atoms with Gasteiger partial charge in [-0.05, 0) is 12.8 Å². The van der Waals surface area contributed by atoms with Crippen LogP contribution in [0.5, 0.6) is 0 Å². The minimum atomic E-state index is 0.623. The van der Waals surface area contributed by atoms with E-state index in [2.05, 4.69) is 21.0 Å². The predicted octanol–water partition coefficient (Wildman–Crippen LogP) is 4.64. The van der Waals surface area contributed by atoms with Gasteiger partial charge in [0, 0.05) is 0 Å². The largest absolute Gasteiger partial charge is 0.253 e. The maximum absolute atomic E-state index is 5.90. The highest BCUT2D eigenvalue weighted by atomic mass is 15.5. The lowest BCUT2D eigenvalue weighted by Gasteiger charge is -2.21. The quantitative estimate of drug-likeness (QED) is 0.221. The first-order chi connectivity index (χ1) is 8.56. The molecule has 0 spiro atoms. The molecule has 0 heterocycles. The van der Waals surface area contributed by atoms with E-state index in [-0.39, 0.29) is 0 Å². The smallest absolute Gasteiger partial charge is 0.0955 e. The van der Waals surface area contributed by atoms with Gasteiger partial charge in [-0.2, -0.15) is 5.84 Å². The normalized spacial score (nSPS) is 12.0. The Morgan fingerprint density at radius 2 is 0.944 bits per heavy atom. The zero-order valence-corrected chi connectivity index (χ0v) is 13.2. The van der Waals surface area contributed by atoms with Crippen LogP contribution in [-0.4, -0.2) is 25.2 Å². The van der Waals surface area contributed by atoms with Crippen molar-refractivity contribution in [1.29, 1.82) is 0 Å². The highest BCUT2D eigenvalue weighted by molar-refractivity contribution is 4.48. The summed E-state index contributed by atoms with van der Waals surface area (Å²) in [6.45, 7) is 3.39. The van der Waals surface area contributed by atoms with Crippen molar-refractivity contribution in [2.24, 2.45) is 5.84 Å². The Morgan fingerprint density at radius 3 is 1.28 bits per heavy atom. The van der Waals surface area contributed by atoms with Crippen LogP contribution in [0.25, 0.3) is 0 Å². The molecule has 0 aromatic carbocycles. The second kappa shape index (κ2) is 12.0. The van der Waals surface area contributed by atoms with E-state index in [4.69, 9.17) is 5.84 Å². The Hall–Kier alpha value is -0.0800. The van der Waals surface area contributed by atoms with Crippen molar-refractivity contribution in [1.82, 2.24) is 0 Å². The van der Waals surface area contributed by atoms with Crippen molar-refractivity contribution >= 4 is 0 Å². The molecule has 0 bridgehead atoms. The van der Waals surface area contributed by atoms with Gasteiger partial charge in [-0.3, -0.25) is 4.59 Å². The first-order valence-electron chi connectivity index (χ1n) is 8.18. The van der Waals surface area contributed by atoms with E-state index in [1.54, 1.807) is 0 Å². The first kappa shape index (κ1) is 17.9. The molecule has 0 rings (SSSR count). The summed E-state index contributed by atoms with van der Waals surface area (Å²) < 4.78 is 0.623. The number of unbranched alkanes of at least 4 members (excludes halogenated alkanes) is 11. The molecule has 0 aliphatic heterocycles. The van der Waals surface area contributed by atoms with Crippen LogP contribution in [0, 0.1) is 0 Å². The fourth-order valence-electron chi connectivity index (χ4n) is 2.36. The molecule has 0 unspecified atom stereocenters. The molecule has 110 valence electrons. The highest BCUT2D eigenvalue weighted by Gasteiger charge is 2.06. The number of rotatable bonds is 13. The molecule has 0 amide bonds. The molecule has 0 fully saturated rings. The van der Waals surface area contributed by atoms with E-state index in [9.17, 15) is 0 Å². The number of nitrogens with two attached hydrogens (primary N) is 1. The highest BCUT2D eigenvalue weighted by Crippen LogP contribution is 2.12. The molecule has 0 aromatic rings. The maximum Gasteiger partial charge on any atom is 0.0955 e. The van der Waals surface area contributed by atoms with Crippen LogP contribution in [0.2, 0.25) is 0 Å². The van der Waals surface area contributed by atoms with Crippen LogP contribution in [0.1, 0.15) is 84.0 Å². The molecule has 0 aliphatic carbocycles. The molecule has 18 heavy (non-hydrogen) atoms. The van der Waals surface area contributed by atoms with Crippen molar-refractivity contribution in [2.45, 2.75) is 84.0 Å². The van der Waals surface area contributed by atoms with E-state index < -0.39 is 0 Å². The summed E-state index contributed by atoms with van der Waals surface area (Å²) in [7, 11) is 4.14. The summed E-state index contributed by atoms with van der Waals surface area (Å²) in [5.41, 5.74) is 0. The molecule has 0 aliphatic rings. The zero-order chi connectivity index (χ0) is 13.7. The van der Waals surface area contributed by atoms with Gasteiger partial charge in [0.2, 0.25) is 0 Å². The van der Waals surface area contributed by atoms with Gasteiger partial charge < -0.3 is 0 Å². The monoisotopic (exact) mass is 257 g/mol. The van der Waals surface area contributed by atoms with Gasteiger partial charge in [-0.25, -0.2) is 0 Å². The van der Waals surface area contributed by atoms with Gasteiger partial charge >= 0.3 is 0 Å². The summed E-state index contributed by atoms with van der Waals surface area (Å²) in [6.07, 6.45) is 16.9. The van der Waals surface area contributed by atoms with Crippen molar-refractivity contribution in [3.63, 3.8) is 0 Å². The lowest BCUT2D eigenvalue weighted by Crippen LogP contribution is -2.47. The second-order valence-electron chi connectivity index (χ2n) is 6.39. The summed E-state index contributed by atoms with van der Waals surface area (Å²) in [4.78, 5) is 0. The van der Waals surface area contributed by atoms with E-state index in [0.29, 0.717) is 4.59 Å². The van der Waals surface area contributed by atoms with Crippen molar-refractivity contribution in [3.8, 4) is 0 Å². The van der Waals surface area contributed by atoms with Crippen LogP contribution >= 0.6 is 0 Å². The Bertz CT molecular complexity index is 161. The van der Waals surface area contributed by atoms with Gasteiger partial charge in [0.25, 0.3) is 0 Å². The Morgan fingerprint density at radius 1 is 0.611 bits per heavy atom. The molecule has 2 nitrogen and oxygen atoms in total. The molecule has 2 N–H and O–H groups in total. The van der Waals surface area contributed by atoms with E-state index in [1.807, 2.05) is 0 Å². The van der Waals surface area contributed by atoms with Gasteiger partial charge in [0.05, 0.1) is 20.6 Å². The van der Waals surface area contributed by atoms with Gasteiger partial charge in [-0.15, -0.1) is 0 Å². The average molecular weight is 257 g/mol. The van der Waals surface area contributed by atoms with Gasteiger partial charge in [0.15, 0.2) is 0 Å². The fraction of sp³-hybridized carbons (Fsp3) is 1.00. The van der Waals surface area contributed by atoms with Crippen molar-refractivity contribution in [2.75, 3.05) is 20.6 Å². The van der Waals surface area contributed by atoms with Crippen LogP contribution < -0.4 is 5.84 Å². The second-order valence-corrected chi connectivity index (χ2v) is 6.39. The lowest BCUT2D eigenvalue weighted by molar-refractivity contribution is -0.902. The Kier molecular flexibility index (Phi) is 11.9. The zero-order valence-electron chi connectivity index (χ0n) is 13.2. The molecule has 0 saturated heterocycles. The molecule has 2 heteroatoms. The summed E-state index contributed by atoms with van der Waals surface area (Å²) in [5.74, 6) is 5.90. The van der Waals surface area contributed by atoms with Crippen molar-refractivity contribution < 1.29 is 4.59 Å². The SMILES string of the molecule is CCCCCCCCCCCCCC[N+](C)(C)N. The van der Waals surface area contributed by atoms with E-state index in [1.165, 1.54) is 77.0 Å². The molecule has 0 atom stereocenters. The third-order valence-electron chi connectivity index (χ3n) is 3.59. The third-order valence-corrected chi connectivity index (χ3v) is 3.59. The minimum Gasteiger partial charge on any atom is -0.253 e. The number of hydrogen-bond acceptors (Lipinski definition) is 1. The first-order valence-corrected chi connectivity index (χ1v) is 8.18. The Labute approximate surface area is 115 Å². The minimum absolute atomic E-state index is 0.623. The summed E-state index contributed by atoms with van der Waals surface area (Å²) in [5, 5.41) is 0. The van der Waals surface area contributed by atoms with Crippen LogP contribution in [0.15, 0.2) is 0 Å². The van der Waals surface area contributed by atoms with E-state index in [0.717, 1.165) is 6.54 Å². The summed E-state index contributed by atoms with van der Waals surface area (Å²) in [6, 6.07) is 0. The summed E-state index contributed by atoms with van der Waals surface area (Å²) >= 11 is 0. The van der Waals surface area contributed by atoms with Crippen LogP contribution in [0.4, 0.5) is 0 Å². The van der Waals surface area contributed by atoms with Crippen LogP contribution in [0.3, 0.4) is 0 Å². The van der Waals surface area contributed by atoms with Gasteiger partial charge in [-0.1, -0.05) is 71.1 Å². The Balaban J connectivity index is 2.99. The topological polar surface area (TPSA) is 26.0 Å². The van der Waals surface area contributed by atoms with Crippen LogP contribution in [-0.2, 0) is 0 Å². The maximum atomic E-state index is 5.90.